The molecule has 0 radical (unpaired) electrons. The number of anilines is 1. The van der Waals surface area contributed by atoms with E-state index in [4.69, 9.17) is 4.74 Å². The molecule has 2 aromatic rings. The second kappa shape index (κ2) is 4.33. The van der Waals surface area contributed by atoms with E-state index in [9.17, 15) is 0 Å². The van der Waals surface area contributed by atoms with Gasteiger partial charge >= 0.3 is 0 Å². The smallest absolute Gasteiger partial charge is 0.273 e. The summed E-state index contributed by atoms with van der Waals surface area (Å²) in [5, 5.41) is 2.68. The number of ether oxygens (including phenoxy) is 1. The molecule has 4 nitrogen and oxygen atoms in total. The monoisotopic (exact) mass is 247 g/mol. The number of hydrogen-bond acceptors (Lipinski definition) is 5. The number of aryl methyl sites for hydroxylation is 1. The maximum atomic E-state index is 5.71. The quantitative estimate of drug-likeness (QED) is 0.832. The number of aromatic nitrogens is 2. The van der Waals surface area contributed by atoms with E-state index in [1.807, 2.05) is 17.6 Å². The molecule has 1 aliphatic heterocycles. The molecule has 0 bridgehead atoms. The highest BCUT2D eigenvalue weighted by Gasteiger charge is 2.29. The highest BCUT2D eigenvalue weighted by molar-refractivity contribution is 7.11. The minimum absolute atomic E-state index is 0.239. The second-order valence-corrected chi connectivity index (χ2v) is 4.99. The summed E-state index contributed by atoms with van der Waals surface area (Å²) in [6, 6.07) is 4.10. The van der Waals surface area contributed by atoms with Crippen LogP contribution in [-0.4, -0.2) is 29.2 Å². The first kappa shape index (κ1) is 10.5. The molecule has 3 rings (SSSR count). The zero-order valence-corrected chi connectivity index (χ0v) is 10.4. The van der Waals surface area contributed by atoms with Gasteiger partial charge in [0.05, 0.1) is 13.1 Å². The lowest BCUT2D eigenvalue weighted by Crippen LogP contribution is -2.54. The van der Waals surface area contributed by atoms with E-state index in [-0.39, 0.29) is 6.10 Å². The van der Waals surface area contributed by atoms with Crippen LogP contribution in [0.2, 0.25) is 0 Å². The SMILES string of the molecule is Cc1ccnc(N2CC(Oc3nccs3)C2)c1. The predicted octanol–water partition coefficient (Wildman–Crippen LogP) is 2.11. The summed E-state index contributed by atoms with van der Waals surface area (Å²) in [5.74, 6) is 1.03. The summed E-state index contributed by atoms with van der Waals surface area (Å²) < 4.78 is 5.71. The van der Waals surface area contributed by atoms with Crippen molar-refractivity contribution in [2.75, 3.05) is 18.0 Å². The molecule has 88 valence electrons. The van der Waals surface area contributed by atoms with E-state index < -0.39 is 0 Å². The van der Waals surface area contributed by atoms with E-state index in [1.54, 1.807) is 6.20 Å². The van der Waals surface area contributed by atoms with Crippen LogP contribution in [0.3, 0.4) is 0 Å². The molecule has 0 saturated carbocycles. The number of hydrogen-bond donors (Lipinski definition) is 0. The summed E-state index contributed by atoms with van der Waals surface area (Å²) in [6.07, 6.45) is 3.85. The fraction of sp³-hybridized carbons (Fsp3) is 0.333. The molecule has 5 heteroatoms. The van der Waals surface area contributed by atoms with Gasteiger partial charge in [-0.1, -0.05) is 11.3 Å². The van der Waals surface area contributed by atoms with E-state index in [1.165, 1.54) is 16.9 Å². The summed E-state index contributed by atoms with van der Waals surface area (Å²) in [5.41, 5.74) is 1.24. The van der Waals surface area contributed by atoms with E-state index in [2.05, 4.69) is 27.9 Å². The maximum absolute atomic E-state index is 5.71. The van der Waals surface area contributed by atoms with Crippen molar-refractivity contribution in [1.29, 1.82) is 0 Å². The van der Waals surface area contributed by atoms with Crippen LogP contribution < -0.4 is 9.64 Å². The molecule has 1 saturated heterocycles. The van der Waals surface area contributed by atoms with Gasteiger partial charge in [0.2, 0.25) is 0 Å². The van der Waals surface area contributed by atoms with Crippen LogP contribution in [0.4, 0.5) is 5.82 Å². The molecule has 17 heavy (non-hydrogen) atoms. The summed E-state index contributed by atoms with van der Waals surface area (Å²) in [6.45, 7) is 3.85. The van der Waals surface area contributed by atoms with Gasteiger partial charge in [0.25, 0.3) is 5.19 Å². The Morgan fingerprint density at radius 1 is 1.35 bits per heavy atom. The highest BCUT2D eigenvalue weighted by Crippen LogP contribution is 2.23. The molecule has 0 aliphatic carbocycles. The fourth-order valence-corrected chi connectivity index (χ4v) is 2.36. The van der Waals surface area contributed by atoms with Crippen LogP contribution in [0.1, 0.15) is 5.56 Å². The molecule has 0 unspecified atom stereocenters. The van der Waals surface area contributed by atoms with Crippen LogP contribution in [0.25, 0.3) is 0 Å². The Labute approximate surface area is 104 Å². The van der Waals surface area contributed by atoms with Gasteiger partial charge in [-0.2, -0.15) is 0 Å². The Morgan fingerprint density at radius 3 is 2.94 bits per heavy atom. The van der Waals surface area contributed by atoms with E-state index in [0.717, 1.165) is 24.1 Å². The zero-order chi connectivity index (χ0) is 11.7. The average molecular weight is 247 g/mol. The van der Waals surface area contributed by atoms with Crippen LogP contribution >= 0.6 is 11.3 Å². The molecular formula is C12H13N3OS. The van der Waals surface area contributed by atoms with Crippen LogP contribution in [0, 0.1) is 6.92 Å². The molecule has 1 fully saturated rings. The number of pyridine rings is 1. The van der Waals surface area contributed by atoms with Crippen molar-refractivity contribution < 1.29 is 4.74 Å². The molecule has 0 spiro atoms. The number of nitrogens with zero attached hydrogens (tertiary/aromatic N) is 3. The predicted molar refractivity (Wildman–Crippen MR) is 67.7 cm³/mol. The third kappa shape index (κ3) is 2.24. The van der Waals surface area contributed by atoms with Crippen molar-refractivity contribution in [3.63, 3.8) is 0 Å². The lowest BCUT2D eigenvalue weighted by molar-refractivity contribution is 0.166. The Bertz CT molecular complexity index is 494. The molecule has 1 aliphatic rings. The molecule has 0 atom stereocenters. The largest absolute Gasteiger partial charge is 0.463 e. The van der Waals surface area contributed by atoms with E-state index in [0.29, 0.717) is 0 Å². The molecular weight excluding hydrogens is 234 g/mol. The first-order valence-corrected chi connectivity index (χ1v) is 6.43. The van der Waals surface area contributed by atoms with Crippen LogP contribution in [-0.2, 0) is 0 Å². The third-order valence-corrected chi connectivity index (χ3v) is 3.41. The fourth-order valence-electron chi connectivity index (χ4n) is 1.80. The van der Waals surface area contributed by atoms with Crippen molar-refractivity contribution in [2.45, 2.75) is 13.0 Å². The third-order valence-electron chi connectivity index (χ3n) is 2.75. The van der Waals surface area contributed by atoms with Gasteiger partial charge in [-0.3, -0.25) is 0 Å². The molecule has 3 heterocycles. The van der Waals surface area contributed by atoms with E-state index >= 15 is 0 Å². The average Bonchev–Trinajstić information content (AvgIpc) is 2.75. The van der Waals surface area contributed by atoms with Gasteiger partial charge in [0.15, 0.2) is 0 Å². The van der Waals surface area contributed by atoms with Crippen molar-refractivity contribution >= 4 is 17.2 Å². The lowest BCUT2D eigenvalue weighted by Gasteiger charge is -2.39. The topological polar surface area (TPSA) is 38.2 Å². The maximum Gasteiger partial charge on any atom is 0.273 e. The number of thiazole rings is 1. The molecule has 0 amide bonds. The number of rotatable bonds is 3. The van der Waals surface area contributed by atoms with Gasteiger partial charge < -0.3 is 9.64 Å². The Morgan fingerprint density at radius 2 is 2.24 bits per heavy atom. The molecule has 0 N–H and O–H groups in total. The van der Waals surface area contributed by atoms with Gasteiger partial charge in [-0.25, -0.2) is 9.97 Å². The van der Waals surface area contributed by atoms with Gasteiger partial charge in [0, 0.05) is 17.8 Å². The minimum atomic E-state index is 0.239. The normalized spacial score (nSPS) is 15.7. The molecule has 0 aromatic carbocycles. The molecule has 2 aromatic heterocycles. The Kier molecular flexibility index (Phi) is 2.68. The van der Waals surface area contributed by atoms with Crippen LogP contribution in [0.15, 0.2) is 29.9 Å². The summed E-state index contributed by atoms with van der Waals surface area (Å²) in [4.78, 5) is 10.7. The van der Waals surface area contributed by atoms with Gasteiger partial charge in [-0.15, -0.1) is 0 Å². The first-order valence-electron chi connectivity index (χ1n) is 5.55. The van der Waals surface area contributed by atoms with Gasteiger partial charge in [-0.05, 0) is 24.6 Å². The summed E-state index contributed by atoms with van der Waals surface area (Å²) >= 11 is 1.53. The van der Waals surface area contributed by atoms with Crippen molar-refractivity contribution in [3.8, 4) is 5.19 Å². The zero-order valence-electron chi connectivity index (χ0n) is 9.54. The second-order valence-electron chi connectivity index (χ2n) is 4.13. The Balaban J connectivity index is 1.58. The van der Waals surface area contributed by atoms with Crippen molar-refractivity contribution in [2.24, 2.45) is 0 Å². The van der Waals surface area contributed by atoms with Crippen LogP contribution in [0.5, 0.6) is 5.19 Å². The lowest BCUT2D eigenvalue weighted by atomic mass is 10.1. The first-order chi connectivity index (χ1) is 8.31. The standard InChI is InChI=1S/C12H13N3OS/c1-9-2-3-13-11(6-9)15-7-10(8-15)16-12-14-4-5-17-12/h2-6,10H,7-8H2,1H3. The summed E-state index contributed by atoms with van der Waals surface area (Å²) in [7, 11) is 0. The Hall–Kier alpha value is -1.62. The van der Waals surface area contributed by atoms with Crippen molar-refractivity contribution in [3.05, 3.63) is 35.5 Å². The van der Waals surface area contributed by atoms with Gasteiger partial charge in [0.1, 0.15) is 11.9 Å². The van der Waals surface area contributed by atoms with Crippen molar-refractivity contribution in [1.82, 2.24) is 9.97 Å². The highest BCUT2D eigenvalue weighted by atomic mass is 32.1. The minimum Gasteiger partial charge on any atom is -0.463 e.